The van der Waals surface area contributed by atoms with Crippen molar-refractivity contribution in [3.05, 3.63) is 22.7 Å². The van der Waals surface area contributed by atoms with E-state index in [4.69, 9.17) is 25.8 Å². The maximum atomic E-state index is 12.2. The maximum absolute atomic E-state index is 12.2. The van der Waals surface area contributed by atoms with Crippen molar-refractivity contribution in [2.24, 2.45) is 0 Å². The predicted octanol–water partition coefficient (Wildman–Crippen LogP) is 2.60. The summed E-state index contributed by atoms with van der Waals surface area (Å²) < 4.78 is 16.1. The monoisotopic (exact) mass is 367 g/mol. The maximum Gasteiger partial charge on any atom is 0.310 e. The topological polar surface area (TPSA) is 65.1 Å². The van der Waals surface area contributed by atoms with Crippen LogP contribution in [0.4, 0.5) is 0 Å². The number of esters is 1. The number of fused-ring (bicyclic) bond motifs is 1. The average Bonchev–Trinajstić information content (AvgIpc) is 2.60. The molecule has 0 saturated carbocycles. The lowest BCUT2D eigenvalue weighted by atomic mass is 10.0. The molecule has 0 N–H and O–H groups in total. The smallest absolute Gasteiger partial charge is 0.310 e. The minimum absolute atomic E-state index is 0.0270. The van der Waals surface area contributed by atoms with E-state index in [1.54, 1.807) is 17.0 Å². The molecule has 3 rings (SSSR count). The molecule has 1 amide bonds. The Kier molecular flexibility index (Phi) is 5.68. The SMILES string of the molecule is CC1CCCCN1C(=O)COC(=O)Cc1cc(Cl)c2c(c1)OCCO2. The molecule has 1 atom stereocenters. The first-order valence-corrected chi connectivity index (χ1v) is 8.95. The van der Waals surface area contributed by atoms with Gasteiger partial charge in [-0.25, -0.2) is 0 Å². The summed E-state index contributed by atoms with van der Waals surface area (Å²) in [5.74, 6) is 0.422. The molecule has 7 heteroatoms. The number of ether oxygens (including phenoxy) is 3. The third kappa shape index (κ3) is 4.37. The Hall–Kier alpha value is -1.95. The molecule has 1 aromatic rings. The second-order valence-corrected chi connectivity index (χ2v) is 6.78. The van der Waals surface area contributed by atoms with Gasteiger partial charge in [0.1, 0.15) is 13.2 Å². The highest BCUT2D eigenvalue weighted by atomic mass is 35.5. The molecule has 0 radical (unpaired) electrons. The molecule has 2 heterocycles. The normalized spacial score (nSPS) is 19.4. The number of amides is 1. The van der Waals surface area contributed by atoms with Gasteiger partial charge in [-0.15, -0.1) is 0 Å². The Morgan fingerprint density at radius 3 is 2.88 bits per heavy atom. The number of hydrogen-bond acceptors (Lipinski definition) is 5. The van der Waals surface area contributed by atoms with Crippen LogP contribution in [-0.2, 0) is 20.7 Å². The second kappa shape index (κ2) is 7.95. The van der Waals surface area contributed by atoms with E-state index in [1.807, 2.05) is 6.92 Å². The molecule has 136 valence electrons. The Morgan fingerprint density at radius 2 is 2.08 bits per heavy atom. The van der Waals surface area contributed by atoms with E-state index in [1.165, 1.54) is 0 Å². The summed E-state index contributed by atoms with van der Waals surface area (Å²) in [5.41, 5.74) is 0.665. The van der Waals surface area contributed by atoms with Crippen LogP contribution in [0, 0.1) is 0 Å². The summed E-state index contributed by atoms with van der Waals surface area (Å²) in [5, 5.41) is 0.401. The van der Waals surface area contributed by atoms with E-state index in [2.05, 4.69) is 0 Å². The number of rotatable bonds is 4. The summed E-state index contributed by atoms with van der Waals surface area (Å²) in [6, 6.07) is 3.58. The molecular formula is C18H22ClNO5. The highest BCUT2D eigenvalue weighted by Gasteiger charge is 2.24. The highest BCUT2D eigenvalue weighted by molar-refractivity contribution is 6.32. The number of carbonyl (C=O) groups is 2. The van der Waals surface area contributed by atoms with Gasteiger partial charge >= 0.3 is 5.97 Å². The van der Waals surface area contributed by atoms with Crippen molar-refractivity contribution in [3.63, 3.8) is 0 Å². The predicted molar refractivity (Wildman–Crippen MR) is 92.1 cm³/mol. The summed E-state index contributed by atoms with van der Waals surface area (Å²) >= 11 is 6.16. The van der Waals surface area contributed by atoms with Crippen LogP contribution < -0.4 is 9.47 Å². The van der Waals surface area contributed by atoms with Gasteiger partial charge in [-0.3, -0.25) is 9.59 Å². The zero-order valence-corrected chi connectivity index (χ0v) is 15.0. The lowest BCUT2D eigenvalue weighted by Crippen LogP contribution is -2.44. The Labute approximate surface area is 152 Å². The molecule has 1 fully saturated rings. The van der Waals surface area contributed by atoms with Gasteiger partial charge in [0.2, 0.25) is 0 Å². The Morgan fingerprint density at radius 1 is 1.28 bits per heavy atom. The van der Waals surface area contributed by atoms with Crippen LogP contribution in [0.15, 0.2) is 12.1 Å². The van der Waals surface area contributed by atoms with E-state index in [0.29, 0.717) is 35.3 Å². The number of piperidine rings is 1. The molecule has 25 heavy (non-hydrogen) atoms. The van der Waals surface area contributed by atoms with Gasteiger partial charge in [-0.05, 0) is 43.9 Å². The van der Waals surface area contributed by atoms with Crippen molar-refractivity contribution in [2.45, 2.75) is 38.6 Å². The molecule has 1 unspecified atom stereocenters. The number of nitrogens with zero attached hydrogens (tertiary/aromatic N) is 1. The zero-order chi connectivity index (χ0) is 17.8. The Bertz CT molecular complexity index is 663. The van der Waals surface area contributed by atoms with Gasteiger partial charge in [0.15, 0.2) is 18.1 Å². The van der Waals surface area contributed by atoms with Crippen molar-refractivity contribution in [1.29, 1.82) is 0 Å². The van der Waals surface area contributed by atoms with Gasteiger partial charge in [-0.2, -0.15) is 0 Å². The molecule has 0 bridgehead atoms. The fourth-order valence-electron chi connectivity index (χ4n) is 3.18. The van der Waals surface area contributed by atoms with Crippen molar-refractivity contribution in [1.82, 2.24) is 4.90 Å². The zero-order valence-electron chi connectivity index (χ0n) is 14.3. The van der Waals surface area contributed by atoms with E-state index in [-0.39, 0.29) is 25.0 Å². The van der Waals surface area contributed by atoms with Gasteiger partial charge in [-0.1, -0.05) is 11.6 Å². The molecule has 1 saturated heterocycles. The molecule has 0 aliphatic carbocycles. The number of likely N-dealkylation sites (tertiary alicyclic amines) is 1. The molecule has 2 aliphatic heterocycles. The van der Waals surface area contributed by atoms with E-state index in [9.17, 15) is 9.59 Å². The van der Waals surface area contributed by atoms with E-state index >= 15 is 0 Å². The van der Waals surface area contributed by atoms with Crippen molar-refractivity contribution < 1.29 is 23.8 Å². The number of carbonyl (C=O) groups excluding carboxylic acids is 2. The first-order chi connectivity index (χ1) is 12.0. The van der Waals surface area contributed by atoms with Crippen molar-refractivity contribution in [3.8, 4) is 11.5 Å². The first-order valence-electron chi connectivity index (χ1n) is 8.57. The average molecular weight is 368 g/mol. The summed E-state index contributed by atoms with van der Waals surface area (Å²) in [6.45, 7) is 3.43. The van der Waals surface area contributed by atoms with E-state index < -0.39 is 5.97 Å². The van der Waals surface area contributed by atoms with Crippen LogP contribution in [0.1, 0.15) is 31.7 Å². The number of benzene rings is 1. The van der Waals surface area contributed by atoms with Crippen LogP contribution in [0.5, 0.6) is 11.5 Å². The fourth-order valence-corrected chi connectivity index (χ4v) is 3.47. The lowest BCUT2D eigenvalue weighted by molar-refractivity contribution is -0.153. The molecule has 2 aliphatic rings. The molecular weight excluding hydrogens is 346 g/mol. The summed E-state index contributed by atoms with van der Waals surface area (Å²) in [6.07, 6.45) is 3.16. The Balaban J connectivity index is 1.54. The van der Waals surface area contributed by atoms with Crippen molar-refractivity contribution in [2.75, 3.05) is 26.4 Å². The largest absolute Gasteiger partial charge is 0.486 e. The minimum atomic E-state index is -0.467. The third-order valence-corrected chi connectivity index (χ3v) is 4.77. The van der Waals surface area contributed by atoms with Crippen LogP contribution in [0.25, 0.3) is 0 Å². The molecule has 1 aromatic carbocycles. The quantitative estimate of drug-likeness (QED) is 0.765. The second-order valence-electron chi connectivity index (χ2n) is 6.37. The first kappa shape index (κ1) is 17.9. The standard InChI is InChI=1S/C18H22ClNO5/c1-12-4-2-3-5-20(12)16(21)11-25-17(22)10-13-8-14(19)18-15(9-13)23-6-7-24-18/h8-9,12H,2-7,10-11H2,1H3. The molecule has 6 nitrogen and oxygen atoms in total. The van der Waals surface area contributed by atoms with Gasteiger partial charge in [0.05, 0.1) is 11.4 Å². The molecule has 0 spiro atoms. The van der Waals surface area contributed by atoms with Crippen LogP contribution in [-0.4, -0.2) is 49.2 Å². The lowest BCUT2D eigenvalue weighted by Gasteiger charge is -2.33. The van der Waals surface area contributed by atoms with E-state index in [0.717, 1.165) is 25.8 Å². The number of halogens is 1. The van der Waals surface area contributed by atoms with Gasteiger partial charge in [0.25, 0.3) is 5.91 Å². The highest BCUT2D eigenvalue weighted by Crippen LogP contribution is 2.38. The van der Waals surface area contributed by atoms with Crippen LogP contribution in [0.2, 0.25) is 5.02 Å². The minimum Gasteiger partial charge on any atom is -0.486 e. The van der Waals surface area contributed by atoms with Crippen molar-refractivity contribution >= 4 is 23.5 Å². The van der Waals surface area contributed by atoms with Gasteiger partial charge in [0, 0.05) is 12.6 Å². The molecule has 0 aromatic heterocycles. The van der Waals surface area contributed by atoms with Crippen LogP contribution >= 0.6 is 11.6 Å². The fraction of sp³-hybridized carbons (Fsp3) is 0.556. The number of hydrogen-bond donors (Lipinski definition) is 0. The summed E-state index contributed by atoms with van der Waals surface area (Å²) in [7, 11) is 0. The van der Waals surface area contributed by atoms with Crippen LogP contribution in [0.3, 0.4) is 0 Å². The van der Waals surface area contributed by atoms with Gasteiger partial charge < -0.3 is 19.1 Å². The third-order valence-electron chi connectivity index (χ3n) is 4.49. The summed E-state index contributed by atoms with van der Waals surface area (Å²) in [4.78, 5) is 26.0.